The van der Waals surface area contributed by atoms with Crippen molar-refractivity contribution in [3.63, 3.8) is 0 Å². The van der Waals surface area contributed by atoms with Crippen LogP contribution < -0.4 is 0 Å². The van der Waals surface area contributed by atoms with Gasteiger partial charge in [0.25, 0.3) is 0 Å². The van der Waals surface area contributed by atoms with E-state index >= 15 is 0 Å². The SMILES string of the molecule is CCOC(=O)C(=O)O[C@]1(c2ccccc2)C(c2ccccc2)=C(c2ccccc2)C(=O)[C@H]1C. The predicted molar refractivity (Wildman–Crippen MR) is 125 cm³/mol. The first-order chi connectivity index (χ1) is 16.0. The molecule has 0 aromatic heterocycles. The van der Waals surface area contributed by atoms with Crippen LogP contribution in [0, 0.1) is 5.92 Å². The molecule has 0 saturated carbocycles. The van der Waals surface area contributed by atoms with Gasteiger partial charge >= 0.3 is 11.9 Å². The van der Waals surface area contributed by atoms with Crippen molar-refractivity contribution < 1.29 is 23.9 Å². The van der Waals surface area contributed by atoms with Crippen LogP contribution >= 0.6 is 0 Å². The van der Waals surface area contributed by atoms with Crippen LogP contribution in [0.1, 0.15) is 30.5 Å². The summed E-state index contributed by atoms with van der Waals surface area (Å²) < 4.78 is 10.9. The lowest BCUT2D eigenvalue weighted by atomic mass is 9.77. The molecule has 0 radical (unpaired) electrons. The minimum atomic E-state index is -1.51. The highest BCUT2D eigenvalue weighted by Crippen LogP contribution is 2.55. The van der Waals surface area contributed by atoms with Crippen molar-refractivity contribution in [1.82, 2.24) is 0 Å². The van der Waals surface area contributed by atoms with E-state index in [9.17, 15) is 14.4 Å². The average Bonchev–Trinajstić information content (AvgIpc) is 3.08. The molecular formula is C28H24O5. The number of hydrogen-bond acceptors (Lipinski definition) is 5. The molecule has 5 nitrogen and oxygen atoms in total. The Balaban J connectivity index is 2.05. The van der Waals surface area contributed by atoms with E-state index in [1.807, 2.05) is 78.9 Å². The molecular weight excluding hydrogens is 416 g/mol. The fraction of sp³-hybridized carbons (Fsp3) is 0.179. The van der Waals surface area contributed by atoms with Crippen LogP contribution in [0.25, 0.3) is 11.1 Å². The normalized spacial score (nSPS) is 19.9. The smallest absolute Gasteiger partial charge is 0.418 e. The van der Waals surface area contributed by atoms with Crippen LogP contribution in [0.15, 0.2) is 91.0 Å². The lowest BCUT2D eigenvalue weighted by molar-refractivity contribution is -0.177. The largest absolute Gasteiger partial charge is 0.458 e. The highest BCUT2D eigenvalue weighted by molar-refractivity contribution is 6.35. The number of allylic oxidation sites excluding steroid dienone is 1. The molecule has 0 amide bonds. The molecule has 0 bridgehead atoms. The van der Waals surface area contributed by atoms with Crippen molar-refractivity contribution in [3.8, 4) is 0 Å². The van der Waals surface area contributed by atoms with Gasteiger partial charge in [-0.05, 0) is 18.1 Å². The molecule has 3 aromatic rings. The lowest BCUT2D eigenvalue weighted by Gasteiger charge is -2.36. The van der Waals surface area contributed by atoms with E-state index in [-0.39, 0.29) is 12.4 Å². The summed E-state index contributed by atoms with van der Waals surface area (Å²) in [5.74, 6) is -3.17. The Morgan fingerprint density at radius 2 is 1.30 bits per heavy atom. The highest BCUT2D eigenvalue weighted by Gasteiger charge is 2.57. The second kappa shape index (κ2) is 9.25. The quantitative estimate of drug-likeness (QED) is 0.420. The average molecular weight is 440 g/mol. The molecule has 4 rings (SSSR count). The summed E-state index contributed by atoms with van der Waals surface area (Å²) in [7, 11) is 0. The summed E-state index contributed by atoms with van der Waals surface area (Å²) in [4.78, 5) is 39.0. The molecule has 3 aromatic carbocycles. The molecule has 0 spiro atoms. The minimum Gasteiger partial charge on any atom is -0.458 e. The zero-order valence-corrected chi connectivity index (χ0v) is 18.5. The van der Waals surface area contributed by atoms with Gasteiger partial charge in [0.05, 0.1) is 12.5 Å². The van der Waals surface area contributed by atoms with Crippen molar-refractivity contribution >= 4 is 28.9 Å². The van der Waals surface area contributed by atoms with Gasteiger partial charge in [0.1, 0.15) is 0 Å². The molecule has 2 atom stereocenters. The third kappa shape index (κ3) is 3.87. The molecule has 5 heteroatoms. The Bertz CT molecular complexity index is 1200. The number of Topliss-reactive ketones (excluding diaryl/α,β-unsaturated/α-hetero) is 1. The first kappa shape index (κ1) is 22.2. The summed E-state index contributed by atoms with van der Waals surface area (Å²) in [5.41, 5.74) is 1.57. The number of esters is 2. The summed E-state index contributed by atoms with van der Waals surface area (Å²) in [6.45, 7) is 3.38. The highest BCUT2D eigenvalue weighted by atomic mass is 16.6. The Hall–Kier alpha value is -3.99. The molecule has 0 N–H and O–H groups in total. The lowest BCUT2D eigenvalue weighted by Crippen LogP contribution is -2.41. The first-order valence-corrected chi connectivity index (χ1v) is 10.9. The summed E-state index contributed by atoms with van der Waals surface area (Å²) in [5, 5.41) is 0. The van der Waals surface area contributed by atoms with E-state index in [2.05, 4.69) is 0 Å². The standard InChI is InChI=1S/C28H24O5/c1-3-32-26(30)27(31)33-28(22-17-11-6-12-18-22)19(2)25(29)23(20-13-7-4-8-14-20)24(28)21-15-9-5-10-16-21/h4-19H,3H2,1-2H3/t19-,28-/m1/s1. The van der Waals surface area contributed by atoms with Crippen molar-refractivity contribution in [3.05, 3.63) is 108 Å². The van der Waals surface area contributed by atoms with Crippen LogP contribution in [-0.4, -0.2) is 24.3 Å². The van der Waals surface area contributed by atoms with Gasteiger partial charge < -0.3 is 9.47 Å². The van der Waals surface area contributed by atoms with E-state index in [1.165, 1.54) is 0 Å². The zero-order chi connectivity index (χ0) is 23.4. The third-order valence-corrected chi connectivity index (χ3v) is 5.89. The van der Waals surface area contributed by atoms with Crippen molar-refractivity contribution in [2.45, 2.75) is 19.4 Å². The van der Waals surface area contributed by atoms with Crippen LogP contribution in [0.5, 0.6) is 0 Å². The monoisotopic (exact) mass is 440 g/mol. The summed E-state index contributed by atoms with van der Waals surface area (Å²) >= 11 is 0. The van der Waals surface area contributed by atoms with E-state index in [0.717, 1.165) is 11.1 Å². The Morgan fingerprint density at radius 1 is 0.788 bits per heavy atom. The number of benzene rings is 3. The van der Waals surface area contributed by atoms with Crippen LogP contribution in [0.3, 0.4) is 0 Å². The van der Waals surface area contributed by atoms with E-state index in [0.29, 0.717) is 16.7 Å². The number of ketones is 1. The van der Waals surface area contributed by atoms with Crippen LogP contribution in [0.4, 0.5) is 0 Å². The molecule has 33 heavy (non-hydrogen) atoms. The van der Waals surface area contributed by atoms with Gasteiger partial charge in [-0.25, -0.2) is 9.59 Å². The molecule has 0 fully saturated rings. The van der Waals surface area contributed by atoms with Crippen molar-refractivity contribution in [2.75, 3.05) is 6.61 Å². The second-order valence-corrected chi connectivity index (χ2v) is 7.78. The fourth-order valence-electron chi connectivity index (χ4n) is 4.44. The van der Waals surface area contributed by atoms with Gasteiger partial charge in [-0.1, -0.05) is 97.9 Å². The van der Waals surface area contributed by atoms with E-state index < -0.39 is 23.5 Å². The number of hydrogen-bond donors (Lipinski definition) is 0. The molecule has 0 aliphatic heterocycles. The number of rotatable bonds is 5. The first-order valence-electron chi connectivity index (χ1n) is 10.9. The van der Waals surface area contributed by atoms with Crippen LogP contribution in [-0.2, 0) is 29.5 Å². The Morgan fingerprint density at radius 3 is 1.85 bits per heavy atom. The number of ether oxygens (including phenoxy) is 2. The maximum Gasteiger partial charge on any atom is 0.418 e. The topological polar surface area (TPSA) is 69.7 Å². The molecule has 0 unspecified atom stereocenters. The summed E-state index contributed by atoms with van der Waals surface area (Å²) in [6.07, 6.45) is 0. The van der Waals surface area contributed by atoms with Crippen molar-refractivity contribution in [1.29, 1.82) is 0 Å². The predicted octanol–water partition coefficient (Wildman–Crippen LogP) is 4.82. The maximum absolute atomic E-state index is 13.8. The number of carbonyl (C=O) groups is 3. The minimum absolute atomic E-state index is 0.0391. The molecule has 0 saturated heterocycles. The van der Waals surface area contributed by atoms with Gasteiger partial charge in [0, 0.05) is 16.7 Å². The van der Waals surface area contributed by atoms with Gasteiger partial charge in [-0.3, -0.25) is 4.79 Å². The van der Waals surface area contributed by atoms with Gasteiger partial charge in [0.2, 0.25) is 0 Å². The maximum atomic E-state index is 13.8. The third-order valence-electron chi connectivity index (χ3n) is 5.89. The van der Waals surface area contributed by atoms with Gasteiger partial charge in [0.15, 0.2) is 11.4 Å². The molecule has 0 heterocycles. The van der Waals surface area contributed by atoms with Crippen LogP contribution in [0.2, 0.25) is 0 Å². The number of carbonyl (C=O) groups excluding carboxylic acids is 3. The molecule has 166 valence electrons. The fourth-order valence-corrected chi connectivity index (χ4v) is 4.44. The molecule has 1 aliphatic rings. The summed E-state index contributed by atoms with van der Waals surface area (Å²) in [6, 6.07) is 27.7. The van der Waals surface area contributed by atoms with E-state index in [4.69, 9.17) is 9.47 Å². The second-order valence-electron chi connectivity index (χ2n) is 7.78. The molecule has 1 aliphatic carbocycles. The Labute approximate surface area is 192 Å². The van der Waals surface area contributed by atoms with Gasteiger partial charge in [-0.15, -0.1) is 0 Å². The Kier molecular flexibility index (Phi) is 6.22. The van der Waals surface area contributed by atoms with E-state index in [1.54, 1.807) is 26.0 Å². The zero-order valence-electron chi connectivity index (χ0n) is 18.5. The van der Waals surface area contributed by atoms with Gasteiger partial charge in [-0.2, -0.15) is 0 Å². The van der Waals surface area contributed by atoms with Crippen molar-refractivity contribution in [2.24, 2.45) is 5.92 Å².